The summed E-state index contributed by atoms with van der Waals surface area (Å²) in [6.07, 6.45) is 3.12. The monoisotopic (exact) mass is 209 g/mol. The molecule has 1 atom stereocenters. The normalized spacial score (nSPS) is 17.7. The van der Waals surface area contributed by atoms with Crippen molar-refractivity contribution in [2.24, 2.45) is 11.7 Å². The third-order valence-corrected chi connectivity index (χ3v) is 2.78. The van der Waals surface area contributed by atoms with Crippen molar-refractivity contribution in [3.8, 4) is 17.2 Å². The summed E-state index contributed by atoms with van der Waals surface area (Å²) in [4.78, 5) is 0. The number of hydrogen-bond acceptors (Lipinski definition) is 4. The van der Waals surface area contributed by atoms with Gasteiger partial charge >= 0.3 is 0 Å². The molecule has 0 radical (unpaired) electrons. The lowest BCUT2D eigenvalue weighted by molar-refractivity contribution is 0.407. The van der Waals surface area contributed by atoms with Gasteiger partial charge in [0.25, 0.3) is 0 Å². The predicted molar refractivity (Wildman–Crippen MR) is 55.7 cm³/mol. The Morgan fingerprint density at radius 3 is 2.20 bits per heavy atom. The van der Waals surface area contributed by atoms with Gasteiger partial charge in [0.05, 0.1) is 5.56 Å². The number of benzene rings is 1. The summed E-state index contributed by atoms with van der Waals surface area (Å²) in [5.74, 6) is 0.182. The average molecular weight is 209 g/mol. The molecule has 0 aromatic heterocycles. The van der Waals surface area contributed by atoms with Gasteiger partial charge in [-0.2, -0.15) is 0 Å². The maximum atomic E-state index is 9.58. The van der Waals surface area contributed by atoms with E-state index in [0.29, 0.717) is 11.5 Å². The molecule has 1 aliphatic rings. The molecular weight excluding hydrogens is 194 g/mol. The van der Waals surface area contributed by atoms with E-state index in [-0.39, 0.29) is 23.3 Å². The molecule has 4 heteroatoms. The molecule has 1 aromatic carbocycles. The summed E-state index contributed by atoms with van der Waals surface area (Å²) in [6.45, 7) is 0. The second kappa shape index (κ2) is 3.62. The zero-order chi connectivity index (χ0) is 11.0. The summed E-state index contributed by atoms with van der Waals surface area (Å²) in [6, 6.07) is 2.03. The van der Waals surface area contributed by atoms with E-state index in [1.54, 1.807) is 0 Å². The van der Waals surface area contributed by atoms with Crippen LogP contribution in [0, 0.1) is 5.92 Å². The van der Waals surface area contributed by atoms with Gasteiger partial charge < -0.3 is 21.1 Å². The lowest BCUT2D eigenvalue weighted by Gasteiger charge is -2.15. The second-order valence-electron chi connectivity index (χ2n) is 4.18. The summed E-state index contributed by atoms with van der Waals surface area (Å²) in [5, 5.41) is 28.3. The molecule has 0 unspecified atom stereocenters. The Bertz CT molecular complexity index is 351. The second-order valence-corrected chi connectivity index (χ2v) is 4.18. The van der Waals surface area contributed by atoms with Gasteiger partial charge in [-0.3, -0.25) is 0 Å². The van der Waals surface area contributed by atoms with Gasteiger partial charge in [-0.15, -0.1) is 0 Å². The summed E-state index contributed by atoms with van der Waals surface area (Å²) in [5.41, 5.74) is 6.22. The first-order valence-electron chi connectivity index (χ1n) is 5.08. The standard InChI is InChI=1S/C11H15NO3/c12-8(3-6-1-2-6)11-9(14)4-7(13)5-10(11)15/h4-6,8,13-15H,1-3,12H2/t8-/m0/s1. The maximum absolute atomic E-state index is 9.58. The Kier molecular flexibility index (Phi) is 2.44. The number of phenols is 3. The van der Waals surface area contributed by atoms with Crippen LogP contribution in [0.15, 0.2) is 12.1 Å². The first-order chi connectivity index (χ1) is 7.08. The fourth-order valence-corrected chi connectivity index (χ4v) is 1.82. The number of aromatic hydroxyl groups is 3. The molecular formula is C11H15NO3. The Labute approximate surface area is 88.0 Å². The van der Waals surface area contributed by atoms with Crippen molar-refractivity contribution < 1.29 is 15.3 Å². The van der Waals surface area contributed by atoms with Crippen LogP contribution in [-0.4, -0.2) is 15.3 Å². The third kappa shape index (κ3) is 2.15. The van der Waals surface area contributed by atoms with Crippen molar-refractivity contribution in [2.45, 2.75) is 25.3 Å². The van der Waals surface area contributed by atoms with Crippen LogP contribution in [0.3, 0.4) is 0 Å². The molecule has 4 nitrogen and oxygen atoms in total. The van der Waals surface area contributed by atoms with Crippen LogP contribution in [0.4, 0.5) is 0 Å². The van der Waals surface area contributed by atoms with Gasteiger partial charge in [-0.05, 0) is 12.3 Å². The topological polar surface area (TPSA) is 86.7 Å². The zero-order valence-corrected chi connectivity index (χ0v) is 8.35. The average Bonchev–Trinajstić information content (AvgIpc) is 2.85. The van der Waals surface area contributed by atoms with Crippen molar-refractivity contribution in [1.29, 1.82) is 0 Å². The maximum Gasteiger partial charge on any atom is 0.127 e. The highest BCUT2D eigenvalue weighted by Gasteiger charge is 2.27. The molecule has 0 heterocycles. The SMILES string of the molecule is N[C@@H](CC1CC1)c1c(O)cc(O)cc1O. The molecule has 5 N–H and O–H groups in total. The molecule has 0 amide bonds. The minimum atomic E-state index is -0.363. The number of rotatable bonds is 3. The van der Waals surface area contributed by atoms with Crippen LogP contribution < -0.4 is 5.73 Å². The van der Waals surface area contributed by atoms with Gasteiger partial charge in [0.2, 0.25) is 0 Å². The van der Waals surface area contributed by atoms with E-state index >= 15 is 0 Å². The Morgan fingerprint density at radius 1 is 1.20 bits per heavy atom. The lowest BCUT2D eigenvalue weighted by atomic mass is 10.00. The summed E-state index contributed by atoms with van der Waals surface area (Å²) >= 11 is 0. The largest absolute Gasteiger partial charge is 0.508 e. The lowest BCUT2D eigenvalue weighted by Crippen LogP contribution is -2.11. The minimum Gasteiger partial charge on any atom is -0.508 e. The van der Waals surface area contributed by atoms with Gasteiger partial charge in [0.1, 0.15) is 17.2 Å². The quantitative estimate of drug-likeness (QED) is 0.609. The van der Waals surface area contributed by atoms with Crippen LogP contribution in [0.2, 0.25) is 0 Å². The Hall–Kier alpha value is -1.42. The third-order valence-electron chi connectivity index (χ3n) is 2.78. The minimum absolute atomic E-state index is 0.138. The highest BCUT2D eigenvalue weighted by atomic mass is 16.3. The predicted octanol–water partition coefficient (Wildman–Crippen LogP) is 1.60. The van der Waals surface area contributed by atoms with Gasteiger partial charge in [-0.1, -0.05) is 12.8 Å². The van der Waals surface area contributed by atoms with Crippen molar-refractivity contribution in [1.82, 2.24) is 0 Å². The van der Waals surface area contributed by atoms with E-state index in [4.69, 9.17) is 10.8 Å². The zero-order valence-electron chi connectivity index (χ0n) is 8.35. The fraction of sp³-hybridized carbons (Fsp3) is 0.455. The van der Waals surface area contributed by atoms with Crippen LogP contribution >= 0.6 is 0 Å². The van der Waals surface area contributed by atoms with Crippen molar-refractivity contribution in [3.05, 3.63) is 17.7 Å². The highest BCUT2D eigenvalue weighted by molar-refractivity contribution is 5.50. The van der Waals surface area contributed by atoms with Gasteiger partial charge in [-0.25, -0.2) is 0 Å². The van der Waals surface area contributed by atoms with E-state index in [1.807, 2.05) is 0 Å². The molecule has 1 aromatic rings. The molecule has 1 saturated carbocycles. The van der Waals surface area contributed by atoms with Crippen LogP contribution in [-0.2, 0) is 0 Å². The van der Waals surface area contributed by atoms with Gasteiger partial charge in [0.15, 0.2) is 0 Å². The molecule has 15 heavy (non-hydrogen) atoms. The number of nitrogens with two attached hydrogens (primary N) is 1. The van der Waals surface area contributed by atoms with E-state index < -0.39 is 0 Å². The van der Waals surface area contributed by atoms with E-state index in [1.165, 1.54) is 25.0 Å². The van der Waals surface area contributed by atoms with Crippen molar-refractivity contribution in [2.75, 3.05) is 0 Å². The summed E-state index contributed by atoms with van der Waals surface area (Å²) in [7, 11) is 0. The van der Waals surface area contributed by atoms with E-state index in [2.05, 4.69) is 0 Å². The summed E-state index contributed by atoms with van der Waals surface area (Å²) < 4.78 is 0. The number of phenolic OH excluding ortho intramolecular Hbond substituents is 3. The Balaban J connectivity index is 2.24. The van der Waals surface area contributed by atoms with Crippen LogP contribution in [0.5, 0.6) is 17.2 Å². The van der Waals surface area contributed by atoms with Crippen LogP contribution in [0.1, 0.15) is 30.9 Å². The smallest absolute Gasteiger partial charge is 0.127 e. The number of hydrogen-bond donors (Lipinski definition) is 4. The molecule has 0 aliphatic heterocycles. The molecule has 0 saturated heterocycles. The van der Waals surface area contributed by atoms with Crippen LogP contribution in [0.25, 0.3) is 0 Å². The van der Waals surface area contributed by atoms with Crippen molar-refractivity contribution in [3.63, 3.8) is 0 Å². The van der Waals surface area contributed by atoms with E-state index in [9.17, 15) is 10.2 Å². The first-order valence-corrected chi connectivity index (χ1v) is 5.08. The van der Waals surface area contributed by atoms with E-state index in [0.717, 1.165) is 6.42 Å². The highest BCUT2D eigenvalue weighted by Crippen LogP contribution is 2.42. The van der Waals surface area contributed by atoms with Crippen molar-refractivity contribution >= 4 is 0 Å². The molecule has 0 bridgehead atoms. The molecule has 1 fully saturated rings. The molecule has 0 spiro atoms. The molecule has 1 aliphatic carbocycles. The first kappa shape index (κ1) is 10.1. The van der Waals surface area contributed by atoms with Gasteiger partial charge in [0, 0.05) is 18.2 Å². The Morgan fingerprint density at radius 2 is 1.73 bits per heavy atom. The molecule has 2 rings (SSSR count). The fourth-order valence-electron chi connectivity index (χ4n) is 1.82. The molecule has 82 valence electrons.